The number of aliphatic hydroxyl groups excluding tert-OH is 1. The van der Waals surface area contributed by atoms with Crippen LogP contribution in [0.5, 0.6) is 0 Å². The van der Waals surface area contributed by atoms with E-state index in [1.165, 1.54) is 10.8 Å². The van der Waals surface area contributed by atoms with E-state index in [0.29, 0.717) is 0 Å². The summed E-state index contributed by atoms with van der Waals surface area (Å²) in [7, 11) is 0. The molecule has 0 aromatic heterocycles. The molecule has 0 aliphatic carbocycles. The third kappa shape index (κ3) is 3.75. The van der Waals surface area contributed by atoms with Crippen LogP contribution >= 0.6 is 0 Å². The van der Waals surface area contributed by atoms with Crippen molar-refractivity contribution < 1.29 is 5.11 Å². The zero-order valence-electron chi connectivity index (χ0n) is 14.9. The largest absolute Gasteiger partial charge is 0.384 e. The van der Waals surface area contributed by atoms with Crippen LogP contribution in [0.4, 0.5) is 0 Å². The molecular formula is C26H20O. The van der Waals surface area contributed by atoms with Gasteiger partial charge in [0.15, 0.2) is 0 Å². The highest BCUT2D eigenvalue weighted by atomic mass is 16.3. The fraction of sp³-hybridized carbons (Fsp3) is 0.0385. The van der Waals surface area contributed by atoms with E-state index in [2.05, 4.69) is 54.3 Å². The van der Waals surface area contributed by atoms with Gasteiger partial charge in [0.05, 0.1) is 0 Å². The minimum Gasteiger partial charge on any atom is -0.384 e. The van der Waals surface area contributed by atoms with Crippen molar-refractivity contribution in [3.63, 3.8) is 0 Å². The van der Waals surface area contributed by atoms with Crippen molar-refractivity contribution in [2.75, 3.05) is 0 Å². The number of benzene rings is 4. The van der Waals surface area contributed by atoms with Gasteiger partial charge in [0.1, 0.15) is 6.10 Å². The Kier molecular flexibility index (Phi) is 4.98. The third-order valence-corrected chi connectivity index (χ3v) is 4.65. The molecule has 1 atom stereocenters. The second-order valence-corrected chi connectivity index (χ2v) is 6.43. The summed E-state index contributed by atoms with van der Waals surface area (Å²) in [6.07, 6.45) is 1.04. The summed E-state index contributed by atoms with van der Waals surface area (Å²) in [4.78, 5) is 0. The molecule has 1 N–H and O–H groups in total. The van der Waals surface area contributed by atoms with E-state index in [1.54, 1.807) is 6.08 Å². The van der Waals surface area contributed by atoms with E-state index in [1.807, 2.05) is 54.6 Å². The molecule has 0 spiro atoms. The van der Waals surface area contributed by atoms with Crippen LogP contribution in [0.15, 0.2) is 115 Å². The topological polar surface area (TPSA) is 20.2 Å². The average molecular weight is 348 g/mol. The minimum absolute atomic E-state index is 0.695. The Balaban J connectivity index is 1.89. The molecular weight excluding hydrogens is 328 g/mol. The Morgan fingerprint density at radius 3 is 2.11 bits per heavy atom. The normalized spacial score (nSPS) is 11.6. The van der Waals surface area contributed by atoms with Crippen molar-refractivity contribution in [2.45, 2.75) is 6.10 Å². The smallest absolute Gasteiger partial charge is 0.105 e. The molecule has 0 heterocycles. The number of fused-ring (bicyclic) bond motifs is 1. The first kappa shape index (κ1) is 17.1. The molecule has 4 aromatic rings. The maximum atomic E-state index is 10.5. The molecule has 130 valence electrons. The van der Waals surface area contributed by atoms with Crippen LogP contribution in [-0.2, 0) is 0 Å². The van der Waals surface area contributed by atoms with Gasteiger partial charge in [-0.1, -0.05) is 103 Å². The quantitative estimate of drug-likeness (QED) is 0.438. The summed E-state index contributed by atoms with van der Waals surface area (Å²) in [5.74, 6) is 0. The SMILES string of the molecule is O[C@@H](C=C=C(c1ccccc1)c1cccc2ccccc12)c1ccccc1. The van der Waals surface area contributed by atoms with Crippen LogP contribution in [-0.4, -0.2) is 5.11 Å². The van der Waals surface area contributed by atoms with Gasteiger partial charge in [-0.25, -0.2) is 0 Å². The lowest BCUT2D eigenvalue weighted by molar-refractivity contribution is 0.229. The van der Waals surface area contributed by atoms with E-state index in [4.69, 9.17) is 0 Å². The van der Waals surface area contributed by atoms with Crippen LogP contribution in [0.25, 0.3) is 16.3 Å². The second kappa shape index (κ2) is 7.88. The summed E-state index contributed by atoms with van der Waals surface area (Å²) in [5.41, 5.74) is 7.40. The van der Waals surface area contributed by atoms with Gasteiger partial charge in [0, 0.05) is 5.57 Å². The maximum absolute atomic E-state index is 10.5. The van der Waals surface area contributed by atoms with Gasteiger partial charge in [-0.3, -0.25) is 0 Å². The van der Waals surface area contributed by atoms with E-state index >= 15 is 0 Å². The highest BCUT2D eigenvalue weighted by Crippen LogP contribution is 2.29. The minimum atomic E-state index is -0.695. The molecule has 0 aliphatic rings. The van der Waals surface area contributed by atoms with Gasteiger partial charge in [0.2, 0.25) is 0 Å². The van der Waals surface area contributed by atoms with E-state index in [9.17, 15) is 5.11 Å². The molecule has 1 nitrogen and oxygen atoms in total. The molecule has 4 aromatic carbocycles. The summed E-state index contributed by atoms with van der Waals surface area (Å²) in [5, 5.41) is 12.9. The van der Waals surface area contributed by atoms with Crippen LogP contribution < -0.4 is 0 Å². The monoisotopic (exact) mass is 348 g/mol. The molecule has 0 amide bonds. The van der Waals surface area contributed by atoms with Crippen LogP contribution in [0.3, 0.4) is 0 Å². The summed E-state index contributed by atoms with van der Waals surface area (Å²) < 4.78 is 0. The van der Waals surface area contributed by atoms with Crippen LogP contribution in [0.2, 0.25) is 0 Å². The molecule has 0 saturated heterocycles. The van der Waals surface area contributed by atoms with E-state index in [-0.39, 0.29) is 0 Å². The van der Waals surface area contributed by atoms with Crippen LogP contribution in [0, 0.1) is 0 Å². The lowest BCUT2D eigenvalue weighted by Gasteiger charge is -2.10. The summed E-state index contributed by atoms with van der Waals surface area (Å²) in [6, 6.07) is 34.5. The van der Waals surface area contributed by atoms with Gasteiger partial charge in [-0.15, -0.1) is 5.73 Å². The first-order valence-corrected chi connectivity index (χ1v) is 9.06. The number of hydrogen-bond acceptors (Lipinski definition) is 1. The Hall–Kier alpha value is -3.38. The predicted molar refractivity (Wildman–Crippen MR) is 112 cm³/mol. The lowest BCUT2D eigenvalue weighted by Crippen LogP contribution is -1.92. The molecule has 0 fully saturated rings. The zero-order chi connectivity index (χ0) is 18.5. The molecule has 0 radical (unpaired) electrons. The van der Waals surface area contributed by atoms with Gasteiger partial charge in [0.25, 0.3) is 0 Å². The fourth-order valence-electron chi connectivity index (χ4n) is 3.27. The lowest BCUT2D eigenvalue weighted by atomic mass is 9.93. The standard InChI is InChI=1S/C26H20O/c27-26(22-13-5-2-6-14-22)19-18-24(20-10-3-1-4-11-20)25-17-9-15-21-12-7-8-16-23(21)25/h1-17,19,26-27H/t18?,26-/m0/s1. The first-order chi connectivity index (χ1) is 13.3. The molecule has 27 heavy (non-hydrogen) atoms. The Bertz CT molecular complexity index is 1100. The number of hydrogen-bond donors (Lipinski definition) is 1. The van der Waals surface area contributed by atoms with Crippen LogP contribution in [0.1, 0.15) is 22.8 Å². The van der Waals surface area contributed by atoms with Gasteiger partial charge < -0.3 is 5.11 Å². The first-order valence-electron chi connectivity index (χ1n) is 9.06. The highest BCUT2D eigenvalue weighted by molar-refractivity contribution is 5.97. The van der Waals surface area contributed by atoms with Crippen molar-refractivity contribution in [3.8, 4) is 0 Å². The van der Waals surface area contributed by atoms with Crippen molar-refractivity contribution in [1.29, 1.82) is 0 Å². The Morgan fingerprint density at radius 1 is 0.704 bits per heavy atom. The highest BCUT2D eigenvalue weighted by Gasteiger charge is 2.09. The molecule has 0 unspecified atom stereocenters. The van der Waals surface area contributed by atoms with Gasteiger partial charge in [-0.05, 0) is 33.5 Å². The third-order valence-electron chi connectivity index (χ3n) is 4.65. The predicted octanol–water partition coefficient (Wildman–Crippen LogP) is 6.16. The molecule has 0 saturated carbocycles. The average Bonchev–Trinajstić information content (AvgIpc) is 2.75. The molecule has 1 heteroatoms. The Morgan fingerprint density at radius 2 is 1.33 bits per heavy atom. The van der Waals surface area contributed by atoms with Crippen molar-refractivity contribution in [2.24, 2.45) is 0 Å². The number of aliphatic hydroxyl groups is 1. The van der Waals surface area contributed by atoms with E-state index in [0.717, 1.165) is 22.3 Å². The van der Waals surface area contributed by atoms with Crippen molar-refractivity contribution >= 4 is 16.3 Å². The van der Waals surface area contributed by atoms with Crippen molar-refractivity contribution in [1.82, 2.24) is 0 Å². The molecule has 0 bridgehead atoms. The fourth-order valence-corrected chi connectivity index (χ4v) is 3.27. The zero-order valence-corrected chi connectivity index (χ0v) is 14.9. The number of rotatable bonds is 4. The van der Waals surface area contributed by atoms with E-state index < -0.39 is 6.10 Å². The molecule has 4 rings (SSSR count). The molecule has 0 aliphatic heterocycles. The summed E-state index contributed by atoms with van der Waals surface area (Å²) >= 11 is 0. The van der Waals surface area contributed by atoms with Gasteiger partial charge in [-0.2, -0.15) is 0 Å². The summed E-state index contributed by atoms with van der Waals surface area (Å²) in [6.45, 7) is 0. The Labute approximate surface area is 159 Å². The van der Waals surface area contributed by atoms with Crippen molar-refractivity contribution in [3.05, 3.63) is 132 Å². The van der Waals surface area contributed by atoms with Gasteiger partial charge >= 0.3 is 0 Å². The second-order valence-electron chi connectivity index (χ2n) is 6.43. The maximum Gasteiger partial charge on any atom is 0.105 e.